The molecule has 0 aliphatic heterocycles. The van der Waals surface area contributed by atoms with Crippen molar-refractivity contribution in [2.75, 3.05) is 11.9 Å². The van der Waals surface area contributed by atoms with Gasteiger partial charge < -0.3 is 15.7 Å². The van der Waals surface area contributed by atoms with E-state index < -0.39 is 5.97 Å². The molecule has 2 bridgehead atoms. The molecule has 2 saturated carbocycles. The second-order valence-electron chi connectivity index (χ2n) is 5.97. The first-order valence-electron chi connectivity index (χ1n) is 7.36. The lowest BCUT2D eigenvalue weighted by Gasteiger charge is -2.21. The van der Waals surface area contributed by atoms with E-state index >= 15 is 0 Å². The van der Waals surface area contributed by atoms with E-state index in [9.17, 15) is 9.59 Å². The molecular weight excluding hydrogens is 270 g/mol. The number of aromatic nitrogens is 1. The van der Waals surface area contributed by atoms with Crippen LogP contribution in [0, 0.1) is 17.8 Å². The third kappa shape index (κ3) is 2.99. The number of anilines is 1. The van der Waals surface area contributed by atoms with Gasteiger partial charge in [-0.05, 0) is 49.1 Å². The van der Waals surface area contributed by atoms with Gasteiger partial charge in [0.1, 0.15) is 0 Å². The number of carbonyl (C=O) groups excluding carboxylic acids is 1. The molecule has 1 aromatic rings. The van der Waals surface area contributed by atoms with Crippen molar-refractivity contribution < 1.29 is 14.7 Å². The van der Waals surface area contributed by atoms with Crippen LogP contribution in [0.4, 0.5) is 10.5 Å². The van der Waals surface area contributed by atoms with Crippen molar-refractivity contribution >= 4 is 17.7 Å². The molecule has 3 N–H and O–H groups in total. The smallest absolute Gasteiger partial charge is 0.356 e. The normalized spacial score (nSPS) is 26.6. The molecule has 21 heavy (non-hydrogen) atoms. The summed E-state index contributed by atoms with van der Waals surface area (Å²) in [5.74, 6) is 1.02. The number of carboxylic acid groups (broad SMARTS) is 1. The highest BCUT2D eigenvalue weighted by atomic mass is 16.4. The minimum atomic E-state index is -1.15. The maximum Gasteiger partial charge on any atom is 0.356 e. The van der Waals surface area contributed by atoms with Crippen LogP contribution < -0.4 is 10.6 Å². The predicted molar refractivity (Wildman–Crippen MR) is 77.2 cm³/mol. The van der Waals surface area contributed by atoms with Crippen LogP contribution in [0.25, 0.3) is 0 Å². The van der Waals surface area contributed by atoms with Gasteiger partial charge >= 0.3 is 12.0 Å². The minimum Gasteiger partial charge on any atom is -0.476 e. The van der Waals surface area contributed by atoms with E-state index in [-0.39, 0.29) is 17.4 Å². The van der Waals surface area contributed by atoms with Gasteiger partial charge in [0.2, 0.25) is 0 Å². The van der Waals surface area contributed by atoms with E-state index in [1.54, 1.807) is 6.07 Å². The largest absolute Gasteiger partial charge is 0.476 e. The van der Waals surface area contributed by atoms with E-state index in [4.69, 9.17) is 5.11 Å². The van der Waals surface area contributed by atoms with Crippen LogP contribution in [-0.4, -0.2) is 28.6 Å². The second-order valence-corrected chi connectivity index (χ2v) is 5.97. The molecule has 3 rings (SSSR count). The van der Waals surface area contributed by atoms with Crippen molar-refractivity contribution in [3.8, 4) is 0 Å². The number of rotatable bonds is 4. The molecule has 0 radical (unpaired) electrons. The Hall–Kier alpha value is -2.11. The second kappa shape index (κ2) is 5.71. The van der Waals surface area contributed by atoms with Gasteiger partial charge in [0.25, 0.3) is 0 Å². The highest BCUT2D eigenvalue weighted by Gasteiger charge is 2.39. The number of aromatic carboxylic acids is 1. The zero-order chi connectivity index (χ0) is 14.8. The summed E-state index contributed by atoms with van der Waals surface area (Å²) in [6.07, 6.45) is 6.52. The first kappa shape index (κ1) is 13.9. The Bertz CT molecular complexity index is 561. The van der Waals surface area contributed by atoms with Crippen molar-refractivity contribution in [2.24, 2.45) is 17.8 Å². The summed E-state index contributed by atoms with van der Waals surface area (Å²) in [5, 5.41) is 14.4. The number of hydrogen-bond acceptors (Lipinski definition) is 3. The van der Waals surface area contributed by atoms with Gasteiger partial charge in [0, 0.05) is 12.7 Å². The molecular formula is C15H19N3O3. The molecule has 2 aliphatic carbocycles. The van der Waals surface area contributed by atoms with Gasteiger partial charge in [-0.15, -0.1) is 0 Å². The Morgan fingerprint density at radius 2 is 2.19 bits per heavy atom. The van der Waals surface area contributed by atoms with E-state index in [0.717, 1.165) is 11.8 Å². The fourth-order valence-corrected chi connectivity index (χ4v) is 3.69. The fraction of sp³-hybridized carbons (Fsp3) is 0.533. The molecule has 2 fully saturated rings. The van der Waals surface area contributed by atoms with E-state index in [0.29, 0.717) is 12.5 Å². The van der Waals surface area contributed by atoms with Crippen molar-refractivity contribution in [2.45, 2.75) is 25.7 Å². The number of fused-ring (bicyclic) bond motifs is 2. The molecule has 6 nitrogen and oxygen atoms in total. The van der Waals surface area contributed by atoms with Crippen LogP contribution >= 0.6 is 0 Å². The molecule has 2 aliphatic rings. The number of hydrogen-bond donors (Lipinski definition) is 3. The Balaban J connectivity index is 1.54. The molecule has 3 atom stereocenters. The van der Waals surface area contributed by atoms with Crippen LogP contribution in [0.2, 0.25) is 0 Å². The zero-order valence-electron chi connectivity index (χ0n) is 11.7. The van der Waals surface area contributed by atoms with Gasteiger partial charge in [0.15, 0.2) is 5.69 Å². The monoisotopic (exact) mass is 289 g/mol. The van der Waals surface area contributed by atoms with Gasteiger partial charge in [0.05, 0.1) is 5.69 Å². The van der Waals surface area contributed by atoms with Crippen LogP contribution in [0.15, 0.2) is 18.3 Å². The Labute approximate surface area is 123 Å². The lowest BCUT2D eigenvalue weighted by Crippen LogP contribution is -2.35. The number of amides is 2. The number of nitrogens with one attached hydrogen (secondary N) is 2. The molecule has 0 saturated heterocycles. The van der Waals surface area contributed by atoms with Gasteiger partial charge in [-0.25, -0.2) is 14.6 Å². The first-order chi connectivity index (χ1) is 10.1. The standard InChI is InChI=1S/C15H19N3O3/c19-14(20)13-12(2-1-5-16-13)18-15(21)17-8-11-7-9-3-4-10(11)6-9/h1-2,5,9-11H,3-4,6-8H2,(H,19,20)(H2,17,18,21). The Morgan fingerprint density at radius 1 is 1.33 bits per heavy atom. The van der Waals surface area contributed by atoms with E-state index in [2.05, 4.69) is 15.6 Å². The van der Waals surface area contributed by atoms with Crippen molar-refractivity contribution in [3.05, 3.63) is 24.0 Å². The van der Waals surface area contributed by atoms with Crippen molar-refractivity contribution in [1.29, 1.82) is 0 Å². The summed E-state index contributed by atoms with van der Waals surface area (Å²) >= 11 is 0. The maximum absolute atomic E-state index is 11.9. The third-order valence-corrected chi connectivity index (χ3v) is 4.67. The lowest BCUT2D eigenvalue weighted by molar-refractivity contribution is 0.0691. The summed E-state index contributed by atoms with van der Waals surface area (Å²) in [6.45, 7) is 0.662. The molecule has 3 unspecified atom stereocenters. The van der Waals surface area contributed by atoms with Crippen LogP contribution in [0.1, 0.15) is 36.2 Å². The summed E-state index contributed by atoms with van der Waals surface area (Å²) in [4.78, 5) is 26.7. The van der Waals surface area contributed by atoms with Gasteiger partial charge in [-0.2, -0.15) is 0 Å². The highest BCUT2D eigenvalue weighted by Crippen LogP contribution is 2.47. The average Bonchev–Trinajstić information content (AvgIpc) is 3.08. The van der Waals surface area contributed by atoms with Crippen molar-refractivity contribution in [1.82, 2.24) is 10.3 Å². The van der Waals surface area contributed by atoms with Crippen molar-refractivity contribution in [3.63, 3.8) is 0 Å². The summed E-state index contributed by atoms with van der Waals surface area (Å²) in [6, 6.07) is 2.76. The molecule has 2 amide bonds. The summed E-state index contributed by atoms with van der Waals surface area (Å²) < 4.78 is 0. The quantitative estimate of drug-likeness (QED) is 0.793. The SMILES string of the molecule is O=C(NCC1CC2CCC1C2)Nc1cccnc1C(=O)O. The summed E-state index contributed by atoms with van der Waals surface area (Å²) in [7, 11) is 0. The van der Waals surface area contributed by atoms with E-state index in [1.807, 2.05) is 0 Å². The Kier molecular flexibility index (Phi) is 3.77. The molecule has 6 heteroatoms. The number of carboxylic acids is 1. The molecule has 112 valence electrons. The molecule has 1 aromatic heterocycles. The zero-order valence-corrected chi connectivity index (χ0v) is 11.7. The van der Waals surface area contributed by atoms with Gasteiger partial charge in [-0.3, -0.25) is 0 Å². The predicted octanol–water partition coefficient (Wildman–Crippen LogP) is 2.34. The van der Waals surface area contributed by atoms with Crippen LogP contribution in [0.3, 0.4) is 0 Å². The molecule has 1 heterocycles. The number of pyridine rings is 1. The summed E-state index contributed by atoms with van der Waals surface area (Å²) in [5.41, 5.74) is 0.0722. The fourth-order valence-electron chi connectivity index (χ4n) is 3.69. The number of nitrogens with zero attached hydrogens (tertiary/aromatic N) is 1. The molecule has 0 aromatic carbocycles. The molecule has 0 spiro atoms. The third-order valence-electron chi connectivity index (χ3n) is 4.67. The number of urea groups is 1. The Morgan fingerprint density at radius 3 is 2.86 bits per heavy atom. The van der Waals surface area contributed by atoms with Gasteiger partial charge in [-0.1, -0.05) is 6.42 Å². The lowest BCUT2D eigenvalue weighted by atomic mass is 9.89. The minimum absolute atomic E-state index is 0.146. The maximum atomic E-state index is 11.9. The van der Waals surface area contributed by atoms with Crippen LogP contribution in [0.5, 0.6) is 0 Å². The van der Waals surface area contributed by atoms with Crippen LogP contribution in [-0.2, 0) is 0 Å². The highest BCUT2D eigenvalue weighted by molar-refractivity contribution is 5.98. The average molecular weight is 289 g/mol. The number of carbonyl (C=O) groups is 2. The first-order valence-corrected chi connectivity index (χ1v) is 7.36. The van der Waals surface area contributed by atoms with E-state index in [1.165, 1.54) is 37.9 Å². The topological polar surface area (TPSA) is 91.3 Å².